The Morgan fingerprint density at radius 2 is 1.73 bits per heavy atom. The highest BCUT2D eigenvalue weighted by Gasteiger charge is 2.45. The molecule has 4 heteroatoms. The van der Waals surface area contributed by atoms with Crippen molar-refractivity contribution in [1.29, 1.82) is 0 Å². The van der Waals surface area contributed by atoms with E-state index in [4.69, 9.17) is 4.74 Å². The first-order chi connectivity index (χ1) is 12.7. The van der Waals surface area contributed by atoms with E-state index < -0.39 is 18.5 Å². The number of β-amino-alcohol motifs (C(OH)–C–C–N with tert-alkyl or cyclic N) is 1. The quantitative estimate of drug-likeness (QED) is 0.838. The van der Waals surface area contributed by atoms with Crippen LogP contribution in [0, 0.1) is 0 Å². The highest BCUT2D eigenvalue weighted by Crippen LogP contribution is 2.50. The zero-order valence-electron chi connectivity index (χ0n) is 14.7. The Morgan fingerprint density at radius 1 is 1.04 bits per heavy atom. The SMILES string of the molecule is OC1CCN(C(F)C2CC3c4ccccc4Cc4ccccc4C3O2)C1. The molecule has 0 spiro atoms. The summed E-state index contributed by atoms with van der Waals surface area (Å²) in [6.07, 6.45) is 0.125. The number of nitrogens with zero attached hydrogens (tertiary/aromatic N) is 1. The van der Waals surface area contributed by atoms with Crippen molar-refractivity contribution >= 4 is 0 Å². The fourth-order valence-corrected chi connectivity index (χ4v) is 4.93. The molecule has 2 aliphatic heterocycles. The molecule has 2 aromatic carbocycles. The zero-order valence-corrected chi connectivity index (χ0v) is 14.7. The van der Waals surface area contributed by atoms with Crippen LogP contribution in [-0.4, -0.2) is 41.6 Å². The van der Waals surface area contributed by atoms with E-state index in [0.717, 1.165) is 6.42 Å². The zero-order chi connectivity index (χ0) is 17.7. The Morgan fingerprint density at radius 3 is 2.46 bits per heavy atom. The van der Waals surface area contributed by atoms with E-state index >= 15 is 4.39 Å². The van der Waals surface area contributed by atoms with Crippen molar-refractivity contribution in [3.8, 4) is 0 Å². The first-order valence-electron chi connectivity index (χ1n) is 9.58. The van der Waals surface area contributed by atoms with Gasteiger partial charge >= 0.3 is 0 Å². The van der Waals surface area contributed by atoms with Crippen molar-refractivity contribution in [3.05, 3.63) is 70.8 Å². The Labute approximate surface area is 153 Å². The third-order valence-electron chi connectivity index (χ3n) is 6.22. The smallest absolute Gasteiger partial charge is 0.180 e. The van der Waals surface area contributed by atoms with Gasteiger partial charge in [0.25, 0.3) is 0 Å². The number of aliphatic hydroxyl groups excluding tert-OH is 1. The molecule has 2 saturated heterocycles. The summed E-state index contributed by atoms with van der Waals surface area (Å²) in [7, 11) is 0. The summed E-state index contributed by atoms with van der Waals surface area (Å²) in [5, 5.41) is 9.75. The molecule has 0 bridgehead atoms. The lowest BCUT2D eigenvalue weighted by Gasteiger charge is -2.26. The van der Waals surface area contributed by atoms with Crippen LogP contribution < -0.4 is 0 Å². The van der Waals surface area contributed by atoms with Crippen LogP contribution in [0.5, 0.6) is 0 Å². The average molecular weight is 353 g/mol. The minimum Gasteiger partial charge on any atom is -0.392 e. The van der Waals surface area contributed by atoms with E-state index in [0.29, 0.717) is 25.9 Å². The molecular formula is C22H24FNO2. The fourth-order valence-electron chi connectivity index (χ4n) is 4.93. The lowest BCUT2D eigenvalue weighted by molar-refractivity contribution is -0.0620. The Hall–Kier alpha value is -1.75. The van der Waals surface area contributed by atoms with Crippen LogP contribution >= 0.6 is 0 Å². The summed E-state index contributed by atoms with van der Waals surface area (Å²) < 4.78 is 21.5. The predicted octanol–water partition coefficient (Wildman–Crippen LogP) is 3.57. The molecule has 2 fully saturated rings. The number of aliphatic hydroxyl groups is 1. The largest absolute Gasteiger partial charge is 0.392 e. The molecule has 0 radical (unpaired) electrons. The number of ether oxygens (including phenoxy) is 1. The third-order valence-corrected chi connectivity index (χ3v) is 6.22. The minimum atomic E-state index is -1.15. The van der Waals surface area contributed by atoms with Crippen LogP contribution in [0.3, 0.4) is 0 Å². The molecule has 26 heavy (non-hydrogen) atoms. The molecule has 0 saturated carbocycles. The number of halogens is 1. The summed E-state index contributed by atoms with van der Waals surface area (Å²) in [5.74, 6) is 0.186. The van der Waals surface area contributed by atoms with Gasteiger partial charge in [0.2, 0.25) is 0 Å². The normalized spacial score (nSPS) is 31.8. The maximum Gasteiger partial charge on any atom is 0.180 e. The van der Waals surface area contributed by atoms with E-state index in [1.807, 2.05) is 6.07 Å². The topological polar surface area (TPSA) is 32.7 Å². The van der Waals surface area contributed by atoms with Crippen molar-refractivity contribution in [2.75, 3.05) is 13.1 Å². The lowest BCUT2D eigenvalue weighted by Crippen LogP contribution is -2.39. The van der Waals surface area contributed by atoms with Crippen LogP contribution in [0.2, 0.25) is 0 Å². The molecule has 5 rings (SSSR count). The van der Waals surface area contributed by atoms with E-state index in [1.165, 1.54) is 22.3 Å². The van der Waals surface area contributed by atoms with Gasteiger partial charge in [-0.2, -0.15) is 0 Å². The number of fused-ring (bicyclic) bond motifs is 5. The van der Waals surface area contributed by atoms with Crippen molar-refractivity contribution in [1.82, 2.24) is 4.90 Å². The summed E-state index contributed by atoms with van der Waals surface area (Å²) in [5.41, 5.74) is 5.10. The van der Waals surface area contributed by atoms with Gasteiger partial charge in [0.1, 0.15) is 6.10 Å². The third kappa shape index (κ3) is 2.68. The average Bonchev–Trinajstić information content (AvgIpc) is 3.26. The van der Waals surface area contributed by atoms with E-state index in [-0.39, 0.29) is 12.0 Å². The van der Waals surface area contributed by atoms with Gasteiger partial charge in [-0.15, -0.1) is 0 Å². The molecule has 1 N–H and O–H groups in total. The first kappa shape index (κ1) is 16.4. The number of benzene rings is 2. The molecule has 5 atom stereocenters. The fraction of sp³-hybridized carbons (Fsp3) is 0.455. The maximum atomic E-state index is 15.2. The second kappa shape index (κ2) is 6.45. The van der Waals surface area contributed by atoms with Crippen LogP contribution in [0.4, 0.5) is 4.39 Å². The molecule has 3 nitrogen and oxygen atoms in total. The van der Waals surface area contributed by atoms with E-state index in [2.05, 4.69) is 42.5 Å². The van der Waals surface area contributed by atoms with Gasteiger partial charge in [0, 0.05) is 19.0 Å². The van der Waals surface area contributed by atoms with Crippen LogP contribution in [-0.2, 0) is 11.2 Å². The lowest BCUT2D eigenvalue weighted by atomic mass is 9.87. The molecule has 136 valence electrons. The summed E-state index contributed by atoms with van der Waals surface area (Å²) in [4.78, 5) is 1.73. The number of hydrogen-bond donors (Lipinski definition) is 1. The molecule has 0 aromatic heterocycles. The molecule has 0 amide bonds. The molecule has 2 heterocycles. The molecular weight excluding hydrogens is 329 g/mol. The summed E-state index contributed by atoms with van der Waals surface area (Å²) in [6.45, 7) is 1.01. The second-order valence-electron chi connectivity index (χ2n) is 7.82. The first-order valence-corrected chi connectivity index (χ1v) is 9.58. The van der Waals surface area contributed by atoms with Gasteiger partial charge in [0.15, 0.2) is 6.30 Å². The Kier molecular flexibility index (Phi) is 4.07. The number of likely N-dealkylation sites (tertiary alicyclic amines) is 1. The van der Waals surface area contributed by atoms with Gasteiger partial charge in [0.05, 0.1) is 12.2 Å². The van der Waals surface area contributed by atoms with Gasteiger partial charge < -0.3 is 9.84 Å². The second-order valence-corrected chi connectivity index (χ2v) is 7.82. The van der Waals surface area contributed by atoms with E-state index in [1.54, 1.807) is 4.90 Å². The van der Waals surface area contributed by atoms with Crippen LogP contribution in [0.1, 0.15) is 47.1 Å². The van der Waals surface area contributed by atoms with Crippen LogP contribution in [0.15, 0.2) is 48.5 Å². The van der Waals surface area contributed by atoms with E-state index in [9.17, 15) is 5.11 Å². The van der Waals surface area contributed by atoms with Crippen molar-refractivity contribution < 1.29 is 14.2 Å². The minimum absolute atomic E-state index is 0.0920. The van der Waals surface area contributed by atoms with Crippen molar-refractivity contribution in [2.24, 2.45) is 0 Å². The Bertz CT molecular complexity index is 757. The highest BCUT2D eigenvalue weighted by atomic mass is 19.1. The van der Waals surface area contributed by atoms with Crippen LogP contribution in [0.25, 0.3) is 0 Å². The predicted molar refractivity (Wildman–Crippen MR) is 97.8 cm³/mol. The van der Waals surface area contributed by atoms with Gasteiger partial charge in [-0.3, -0.25) is 4.90 Å². The van der Waals surface area contributed by atoms with Crippen molar-refractivity contribution in [2.45, 2.75) is 49.8 Å². The highest BCUT2D eigenvalue weighted by molar-refractivity contribution is 5.45. The van der Waals surface area contributed by atoms with Gasteiger partial charge in [-0.25, -0.2) is 4.39 Å². The maximum absolute atomic E-state index is 15.2. The number of alkyl halides is 1. The molecule has 5 unspecified atom stereocenters. The summed E-state index contributed by atoms with van der Waals surface area (Å²) >= 11 is 0. The number of hydrogen-bond acceptors (Lipinski definition) is 3. The molecule has 3 aliphatic rings. The standard InChI is InChI=1S/C22H24FNO2/c23-22(24-10-9-16(25)13-24)20-12-19-17-7-3-1-5-14(17)11-15-6-2-4-8-18(15)21(19)26-20/h1-8,16,19-22,25H,9-13H2. The molecule has 1 aliphatic carbocycles. The summed E-state index contributed by atoms with van der Waals surface area (Å²) in [6, 6.07) is 16.9. The van der Waals surface area contributed by atoms with Gasteiger partial charge in [-0.05, 0) is 41.5 Å². The van der Waals surface area contributed by atoms with Gasteiger partial charge in [-0.1, -0.05) is 48.5 Å². The van der Waals surface area contributed by atoms with Crippen molar-refractivity contribution in [3.63, 3.8) is 0 Å². The molecule has 2 aromatic rings. The number of rotatable bonds is 2. The monoisotopic (exact) mass is 353 g/mol. The Balaban J connectivity index is 1.50.